The summed E-state index contributed by atoms with van der Waals surface area (Å²) in [6.07, 6.45) is 1.60. The molecule has 2 saturated heterocycles. The zero-order valence-electron chi connectivity index (χ0n) is 19.9. The van der Waals surface area contributed by atoms with Crippen molar-refractivity contribution in [3.8, 4) is 0 Å². The first-order valence-corrected chi connectivity index (χ1v) is 12.7. The number of hydrogen-bond donors (Lipinski definition) is 0. The molecule has 6 heteroatoms. The summed E-state index contributed by atoms with van der Waals surface area (Å²) in [4.78, 5) is 29.8. The number of piperidine rings is 1. The molecule has 2 fully saturated rings. The maximum Gasteiger partial charge on any atom is 0.254 e. The van der Waals surface area contributed by atoms with Crippen molar-refractivity contribution in [2.45, 2.75) is 50.5 Å². The molecule has 1 spiro atoms. The Morgan fingerprint density at radius 1 is 0.970 bits per heavy atom. The monoisotopic (exact) mass is 466 g/mol. The molecule has 2 aromatic carbocycles. The van der Waals surface area contributed by atoms with Crippen LogP contribution in [0.3, 0.4) is 0 Å². The van der Waals surface area contributed by atoms with Crippen molar-refractivity contribution in [3.63, 3.8) is 0 Å². The Hall–Kier alpha value is -2.31. The summed E-state index contributed by atoms with van der Waals surface area (Å²) in [5.74, 6) is 1.07. The summed E-state index contributed by atoms with van der Waals surface area (Å²) in [5.41, 5.74) is 3.11. The van der Waals surface area contributed by atoms with Crippen LogP contribution >= 0.6 is 11.8 Å². The van der Waals surface area contributed by atoms with E-state index in [0.717, 1.165) is 36.3 Å². The fourth-order valence-electron chi connectivity index (χ4n) is 4.61. The van der Waals surface area contributed by atoms with Crippen LogP contribution in [0.2, 0.25) is 0 Å². The van der Waals surface area contributed by atoms with Crippen LogP contribution in [0, 0.1) is 0 Å². The number of thioether (sulfide) groups is 1. The van der Waals surface area contributed by atoms with Crippen LogP contribution in [-0.4, -0.2) is 58.5 Å². The molecule has 0 N–H and O–H groups in total. The van der Waals surface area contributed by atoms with Crippen molar-refractivity contribution in [2.75, 3.05) is 32.0 Å². The summed E-state index contributed by atoms with van der Waals surface area (Å²) < 4.78 is 5.64. The number of amides is 2. The van der Waals surface area contributed by atoms with Crippen molar-refractivity contribution >= 4 is 23.6 Å². The van der Waals surface area contributed by atoms with Gasteiger partial charge in [-0.2, -0.15) is 0 Å². The van der Waals surface area contributed by atoms with Gasteiger partial charge in [0.25, 0.3) is 5.91 Å². The van der Waals surface area contributed by atoms with Crippen LogP contribution in [-0.2, 0) is 21.6 Å². The van der Waals surface area contributed by atoms with Gasteiger partial charge in [0.05, 0.1) is 11.5 Å². The van der Waals surface area contributed by atoms with Gasteiger partial charge in [0.1, 0.15) is 6.61 Å². The number of carbonyl (C=O) groups excluding carboxylic acids is 2. The SMILES string of the molecule is CC(C)(C)c1ccc(C(=O)N2CCSC23CCN(C(=O)COCc2ccccc2)CC3)cc1. The summed E-state index contributed by atoms with van der Waals surface area (Å²) in [6.45, 7) is 9.15. The van der Waals surface area contributed by atoms with Crippen LogP contribution in [0.25, 0.3) is 0 Å². The van der Waals surface area contributed by atoms with Gasteiger partial charge in [-0.1, -0.05) is 63.2 Å². The molecule has 0 unspecified atom stereocenters. The smallest absolute Gasteiger partial charge is 0.254 e. The van der Waals surface area contributed by atoms with E-state index in [9.17, 15) is 9.59 Å². The normalized spacial score (nSPS) is 18.0. The van der Waals surface area contributed by atoms with Crippen LogP contribution in [0.4, 0.5) is 0 Å². The third-order valence-electron chi connectivity index (χ3n) is 6.66. The molecular formula is C27H34N2O3S. The maximum absolute atomic E-state index is 13.4. The first-order valence-electron chi connectivity index (χ1n) is 11.7. The Labute approximate surface area is 201 Å². The molecule has 0 bridgehead atoms. The van der Waals surface area contributed by atoms with E-state index in [2.05, 4.69) is 37.8 Å². The minimum absolute atomic E-state index is 0.0272. The van der Waals surface area contributed by atoms with E-state index >= 15 is 0 Å². The average Bonchev–Trinajstić information content (AvgIpc) is 3.22. The predicted molar refractivity (Wildman–Crippen MR) is 133 cm³/mol. The molecule has 2 aliphatic heterocycles. The summed E-state index contributed by atoms with van der Waals surface area (Å²) >= 11 is 1.87. The fraction of sp³-hybridized carbons (Fsp3) is 0.481. The number of carbonyl (C=O) groups is 2. The van der Waals surface area contributed by atoms with Gasteiger partial charge in [-0.3, -0.25) is 9.59 Å². The average molecular weight is 467 g/mol. The van der Waals surface area contributed by atoms with Crippen LogP contribution in [0.5, 0.6) is 0 Å². The second-order valence-electron chi connectivity index (χ2n) is 9.94. The molecule has 2 aromatic rings. The zero-order valence-corrected chi connectivity index (χ0v) is 20.7. The third kappa shape index (κ3) is 5.44. The van der Waals surface area contributed by atoms with E-state index < -0.39 is 0 Å². The Morgan fingerprint density at radius 2 is 1.64 bits per heavy atom. The number of hydrogen-bond acceptors (Lipinski definition) is 4. The number of nitrogens with zero attached hydrogens (tertiary/aromatic N) is 2. The Kier molecular flexibility index (Phi) is 7.15. The van der Waals surface area contributed by atoms with Crippen molar-refractivity contribution in [1.82, 2.24) is 9.80 Å². The molecule has 0 radical (unpaired) electrons. The highest BCUT2D eigenvalue weighted by atomic mass is 32.2. The molecule has 4 rings (SSSR count). The minimum atomic E-state index is -0.207. The second kappa shape index (κ2) is 9.90. The first-order chi connectivity index (χ1) is 15.8. The standard InChI is InChI=1S/C27H34N2O3S/c1-26(2,3)23-11-9-22(10-12-23)25(31)29-17-18-33-27(29)13-15-28(16-14-27)24(30)20-32-19-21-7-5-4-6-8-21/h4-12H,13-20H2,1-3H3. The first kappa shape index (κ1) is 23.8. The van der Waals surface area contributed by atoms with Gasteiger partial charge in [0.2, 0.25) is 5.91 Å². The number of ether oxygens (including phenoxy) is 1. The topological polar surface area (TPSA) is 49.9 Å². The molecule has 0 aliphatic carbocycles. The highest BCUT2D eigenvalue weighted by molar-refractivity contribution is 8.00. The predicted octanol–water partition coefficient (Wildman–Crippen LogP) is 4.71. The van der Waals surface area contributed by atoms with Crippen molar-refractivity contribution in [1.29, 1.82) is 0 Å². The van der Waals surface area contributed by atoms with E-state index in [1.165, 1.54) is 5.56 Å². The minimum Gasteiger partial charge on any atom is -0.367 e. The number of likely N-dealkylation sites (tertiary alicyclic amines) is 1. The summed E-state index contributed by atoms with van der Waals surface area (Å²) in [5, 5.41) is 0. The van der Waals surface area contributed by atoms with Crippen LogP contribution in [0.1, 0.15) is 55.1 Å². The number of benzene rings is 2. The van der Waals surface area contributed by atoms with Gasteiger partial charge < -0.3 is 14.5 Å². The van der Waals surface area contributed by atoms with Gasteiger partial charge in [-0.15, -0.1) is 11.8 Å². The van der Waals surface area contributed by atoms with Crippen molar-refractivity contribution < 1.29 is 14.3 Å². The van der Waals surface area contributed by atoms with Crippen LogP contribution < -0.4 is 0 Å². The number of rotatable bonds is 5. The van der Waals surface area contributed by atoms with Gasteiger partial charge >= 0.3 is 0 Å². The summed E-state index contributed by atoms with van der Waals surface area (Å²) in [6, 6.07) is 18.0. The lowest BCUT2D eigenvalue weighted by molar-refractivity contribution is -0.138. The van der Waals surface area contributed by atoms with E-state index in [-0.39, 0.29) is 28.7 Å². The lowest BCUT2D eigenvalue weighted by atomic mass is 9.86. The highest BCUT2D eigenvalue weighted by Crippen LogP contribution is 2.44. The molecule has 0 atom stereocenters. The van der Waals surface area contributed by atoms with Gasteiger partial charge in [0.15, 0.2) is 0 Å². The van der Waals surface area contributed by atoms with Crippen molar-refractivity contribution in [2.24, 2.45) is 0 Å². The summed E-state index contributed by atoms with van der Waals surface area (Å²) in [7, 11) is 0. The zero-order chi connectivity index (χ0) is 23.5. The van der Waals surface area contributed by atoms with Gasteiger partial charge in [0, 0.05) is 31.0 Å². The van der Waals surface area contributed by atoms with E-state index in [4.69, 9.17) is 4.74 Å². The molecule has 2 amide bonds. The van der Waals surface area contributed by atoms with Crippen molar-refractivity contribution in [3.05, 3.63) is 71.3 Å². The molecular weight excluding hydrogens is 432 g/mol. The quantitative estimate of drug-likeness (QED) is 0.640. The highest BCUT2D eigenvalue weighted by Gasteiger charge is 2.47. The molecule has 2 aliphatic rings. The fourth-order valence-corrected chi connectivity index (χ4v) is 6.06. The Morgan fingerprint density at radius 3 is 2.27 bits per heavy atom. The van der Waals surface area contributed by atoms with Crippen LogP contribution in [0.15, 0.2) is 54.6 Å². The molecule has 2 heterocycles. The lowest BCUT2D eigenvalue weighted by Gasteiger charge is -2.44. The molecule has 176 valence electrons. The maximum atomic E-state index is 13.4. The molecule has 33 heavy (non-hydrogen) atoms. The largest absolute Gasteiger partial charge is 0.367 e. The Balaban J connectivity index is 1.33. The Bertz CT molecular complexity index is 961. The van der Waals surface area contributed by atoms with Gasteiger partial charge in [-0.25, -0.2) is 0 Å². The second-order valence-corrected chi connectivity index (χ2v) is 11.4. The lowest BCUT2D eigenvalue weighted by Crippen LogP contribution is -2.54. The molecule has 0 aromatic heterocycles. The van der Waals surface area contributed by atoms with E-state index in [1.807, 2.05) is 59.1 Å². The van der Waals surface area contributed by atoms with Gasteiger partial charge in [-0.05, 0) is 41.5 Å². The molecule has 5 nitrogen and oxygen atoms in total. The third-order valence-corrected chi connectivity index (χ3v) is 8.21. The molecule has 0 saturated carbocycles. The van der Waals surface area contributed by atoms with E-state index in [0.29, 0.717) is 19.7 Å². The van der Waals surface area contributed by atoms with E-state index in [1.54, 1.807) is 0 Å².